The first-order chi connectivity index (χ1) is 9.80. The summed E-state index contributed by atoms with van der Waals surface area (Å²) in [6.45, 7) is 5.04. The van der Waals surface area contributed by atoms with Crippen molar-refractivity contribution in [1.29, 1.82) is 0 Å². The molecule has 0 saturated heterocycles. The molecule has 1 saturated carbocycles. The maximum atomic E-state index is 4.67. The van der Waals surface area contributed by atoms with Gasteiger partial charge in [-0.2, -0.15) is 5.10 Å². The predicted octanol–water partition coefficient (Wildman–Crippen LogP) is 2.04. The number of aromatic nitrogens is 4. The van der Waals surface area contributed by atoms with Crippen molar-refractivity contribution < 1.29 is 0 Å². The van der Waals surface area contributed by atoms with Crippen molar-refractivity contribution in [3.8, 4) is 5.82 Å². The Morgan fingerprint density at radius 1 is 1.20 bits per heavy atom. The van der Waals surface area contributed by atoms with E-state index in [0.29, 0.717) is 6.04 Å². The van der Waals surface area contributed by atoms with E-state index in [-0.39, 0.29) is 0 Å². The van der Waals surface area contributed by atoms with Gasteiger partial charge in [0.05, 0.1) is 17.6 Å². The highest BCUT2D eigenvalue weighted by molar-refractivity contribution is 5.25. The lowest BCUT2D eigenvalue weighted by Gasteiger charge is -2.07. The van der Waals surface area contributed by atoms with Gasteiger partial charge in [-0.25, -0.2) is 9.67 Å². The summed E-state index contributed by atoms with van der Waals surface area (Å²) in [4.78, 5) is 8.98. The van der Waals surface area contributed by atoms with Crippen molar-refractivity contribution in [2.45, 2.75) is 52.1 Å². The van der Waals surface area contributed by atoms with Crippen LogP contribution in [0.4, 0.5) is 0 Å². The Labute approximate surface area is 119 Å². The summed E-state index contributed by atoms with van der Waals surface area (Å²) in [6.07, 6.45) is 8.06. The number of rotatable bonds is 6. The molecule has 0 radical (unpaired) electrons. The first-order valence-electron chi connectivity index (χ1n) is 7.42. The van der Waals surface area contributed by atoms with Crippen molar-refractivity contribution >= 4 is 0 Å². The second-order valence-electron chi connectivity index (χ2n) is 5.27. The van der Waals surface area contributed by atoms with Crippen molar-refractivity contribution in [3.63, 3.8) is 0 Å². The molecule has 0 aromatic carbocycles. The molecule has 1 N–H and O–H groups in total. The van der Waals surface area contributed by atoms with Gasteiger partial charge in [-0.15, -0.1) is 0 Å². The zero-order valence-electron chi connectivity index (χ0n) is 12.1. The fraction of sp³-hybridized carbons (Fsp3) is 0.533. The SMILES string of the molecule is CCc1cc(CC)n(-c2cncc(CNC3CC3)n2)n1. The molecular formula is C15H21N5. The van der Waals surface area contributed by atoms with Crippen LogP contribution in [0.2, 0.25) is 0 Å². The van der Waals surface area contributed by atoms with Crippen molar-refractivity contribution in [2.75, 3.05) is 0 Å². The van der Waals surface area contributed by atoms with Crippen LogP contribution in [0.1, 0.15) is 43.8 Å². The highest BCUT2D eigenvalue weighted by Crippen LogP contribution is 2.19. The first-order valence-corrected chi connectivity index (χ1v) is 7.42. The molecule has 5 nitrogen and oxygen atoms in total. The van der Waals surface area contributed by atoms with Gasteiger partial charge in [0.25, 0.3) is 0 Å². The molecule has 5 heteroatoms. The predicted molar refractivity (Wildman–Crippen MR) is 77.8 cm³/mol. The molecule has 20 heavy (non-hydrogen) atoms. The van der Waals surface area contributed by atoms with E-state index in [0.717, 1.165) is 36.6 Å². The standard InChI is InChI=1S/C15H21N5/c1-3-11-7-14(4-2)20(19-11)15-10-16-8-13(18-15)9-17-12-5-6-12/h7-8,10,12,17H,3-6,9H2,1-2H3. The molecule has 2 aromatic heterocycles. The lowest BCUT2D eigenvalue weighted by atomic mass is 10.2. The smallest absolute Gasteiger partial charge is 0.172 e. The number of hydrogen-bond acceptors (Lipinski definition) is 4. The third-order valence-corrected chi connectivity index (χ3v) is 3.60. The fourth-order valence-corrected chi connectivity index (χ4v) is 2.22. The molecule has 0 amide bonds. The van der Waals surface area contributed by atoms with Gasteiger partial charge in [0.1, 0.15) is 0 Å². The van der Waals surface area contributed by atoms with Crippen LogP contribution >= 0.6 is 0 Å². The maximum Gasteiger partial charge on any atom is 0.172 e. The van der Waals surface area contributed by atoms with E-state index < -0.39 is 0 Å². The van der Waals surface area contributed by atoms with E-state index in [2.05, 4.69) is 40.3 Å². The van der Waals surface area contributed by atoms with Gasteiger partial charge < -0.3 is 5.32 Å². The first kappa shape index (κ1) is 13.2. The Morgan fingerprint density at radius 3 is 2.75 bits per heavy atom. The van der Waals surface area contributed by atoms with Gasteiger partial charge in [-0.3, -0.25) is 4.98 Å². The highest BCUT2D eigenvalue weighted by Gasteiger charge is 2.20. The Balaban J connectivity index is 1.84. The minimum atomic E-state index is 0.683. The minimum absolute atomic E-state index is 0.683. The van der Waals surface area contributed by atoms with Crippen LogP contribution in [0, 0.1) is 0 Å². The third kappa shape index (κ3) is 2.88. The van der Waals surface area contributed by atoms with Gasteiger partial charge in [-0.05, 0) is 31.7 Å². The Bertz CT molecular complexity index is 586. The molecule has 1 aliphatic carbocycles. The topological polar surface area (TPSA) is 55.6 Å². The average molecular weight is 271 g/mol. The fourth-order valence-electron chi connectivity index (χ4n) is 2.22. The summed E-state index contributed by atoms with van der Waals surface area (Å²) in [5.41, 5.74) is 3.26. The van der Waals surface area contributed by atoms with Crippen LogP contribution in [0.5, 0.6) is 0 Å². The van der Waals surface area contributed by atoms with Crippen molar-refractivity contribution in [1.82, 2.24) is 25.1 Å². The highest BCUT2D eigenvalue weighted by atomic mass is 15.3. The number of aryl methyl sites for hydroxylation is 2. The molecule has 0 atom stereocenters. The summed E-state index contributed by atoms with van der Waals surface area (Å²) in [5.74, 6) is 0.816. The summed E-state index contributed by atoms with van der Waals surface area (Å²) >= 11 is 0. The minimum Gasteiger partial charge on any atom is -0.308 e. The second-order valence-corrected chi connectivity index (χ2v) is 5.27. The molecular weight excluding hydrogens is 250 g/mol. The van der Waals surface area contributed by atoms with E-state index >= 15 is 0 Å². The average Bonchev–Trinajstić information content (AvgIpc) is 3.22. The van der Waals surface area contributed by atoms with Crippen molar-refractivity contribution in [3.05, 3.63) is 35.5 Å². The number of hydrogen-bond donors (Lipinski definition) is 1. The van der Waals surface area contributed by atoms with Crippen LogP contribution in [0.15, 0.2) is 18.5 Å². The Morgan fingerprint density at radius 2 is 2.05 bits per heavy atom. The van der Waals surface area contributed by atoms with E-state index in [1.165, 1.54) is 18.5 Å². The van der Waals surface area contributed by atoms with E-state index in [1.54, 1.807) is 6.20 Å². The van der Waals surface area contributed by atoms with Crippen LogP contribution in [-0.4, -0.2) is 25.8 Å². The van der Waals surface area contributed by atoms with E-state index in [4.69, 9.17) is 0 Å². The Kier molecular flexibility index (Phi) is 3.78. The number of nitrogens with zero attached hydrogens (tertiary/aromatic N) is 4. The maximum absolute atomic E-state index is 4.67. The van der Waals surface area contributed by atoms with E-state index in [9.17, 15) is 0 Å². The third-order valence-electron chi connectivity index (χ3n) is 3.60. The molecule has 0 unspecified atom stereocenters. The molecule has 2 aromatic rings. The zero-order valence-corrected chi connectivity index (χ0v) is 12.1. The summed E-state index contributed by atoms with van der Waals surface area (Å²) in [7, 11) is 0. The summed E-state index contributed by atoms with van der Waals surface area (Å²) in [5, 5.41) is 8.08. The Hall–Kier alpha value is -1.75. The molecule has 1 fully saturated rings. The van der Waals surface area contributed by atoms with E-state index in [1.807, 2.05) is 10.9 Å². The van der Waals surface area contributed by atoms with Crippen LogP contribution in [0.3, 0.4) is 0 Å². The van der Waals surface area contributed by atoms with Crippen molar-refractivity contribution in [2.24, 2.45) is 0 Å². The van der Waals surface area contributed by atoms with Gasteiger partial charge in [0.15, 0.2) is 5.82 Å². The summed E-state index contributed by atoms with van der Waals surface area (Å²) in [6, 6.07) is 2.83. The molecule has 1 aliphatic rings. The molecule has 0 aliphatic heterocycles. The molecule has 0 spiro atoms. The van der Waals surface area contributed by atoms with Gasteiger partial charge in [0.2, 0.25) is 0 Å². The molecule has 0 bridgehead atoms. The van der Waals surface area contributed by atoms with Crippen LogP contribution in [-0.2, 0) is 19.4 Å². The van der Waals surface area contributed by atoms with Gasteiger partial charge in [0, 0.05) is 24.5 Å². The van der Waals surface area contributed by atoms with Crippen LogP contribution < -0.4 is 5.32 Å². The van der Waals surface area contributed by atoms with Crippen LogP contribution in [0.25, 0.3) is 5.82 Å². The number of nitrogens with one attached hydrogen (secondary N) is 1. The lowest BCUT2D eigenvalue weighted by Crippen LogP contribution is -2.17. The van der Waals surface area contributed by atoms with Gasteiger partial charge >= 0.3 is 0 Å². The largest absolute Gasteiger partial charge is 0.308 e. The summed E-state index contributed by atoms with van der Waals surface area (Å²) < 4.78 is 1.92. The lowest BCUT2D eigenvalue weighted by molar-refractivity contribution is 0.664. The van der Waals surface area contributed by atoms with Gasteiger partial charge in [-0.1, -0.05) is 13.8 Å². The zero-order chi connectivity index (χ0) is 13.9. The molecule has 3 rings (SSSR count). The molecule has 106 valence electrons. The quantitative estimate of drug-likeness (QED) is 0.873. The normalized spacial score (nSPS) is 14.7. The monoisotopic (exact) mass is 271 g/mol. The molecule has 2 heterocycles. The second kappa shape index (κ2) is 5.71.